The van der Waals surface area contributed by atoms with Crippen LogP contribution >= 0.6 is 27.5 Å². The highest BCUT2D eigenvalue weighted by Crippen LogP contribution is 2.37. The lowest BCUT2D eigenvalue weighted by atomic mass is 10.1. The lowest BCUT2D eigenvalue weighted by molar-refractivity contribution is 0.102. The number of carbonyl (C=O) groups excluding carboxylic acids is 1. The second-order valence-electron chi connectivity index (χ2n) is 6.14. The van der Waals surface area contributed by atoms with Gasteiger partial charge in [-0.15, -0.1) is 0 Å². The minimum atomic E-state index is -0.265. The Morgan fingerprint density at radius 1 is 1.29 bits per heavy atom. The van der Waals surface area contributed by atoms with Crippen LogP contribution in [-0.2, 0) is 4.74 Å². The van der Waals surface area contributed by atoms with Crippen molar-refractivity contribution >= 4 is 44.8 Å². The smallest absolute Gasteiger partial charge is 0.255 e. The largest absolute Gasteiger partial charge is 0.493 e. The molecule has 1 fully saturated rings. The number of carbonyl (C=O) groups is 1. The van der Waals surface area contributed by atoms with Crippen LogP contribution < -0.4 is 19.7 Å². The van der Waals surface area contributed by atoms with E-state index in [0.29, 0.717) is 52.1 Å². The lowest BCUT2D eigenvalue weighted by Gasteiger charge is -2.30. The summed E-state index contributed by atoms with van der Waals surface area (Å²) in [5, 5.41) is 3.53. The van der Waals surface area contributed by atoms with Crippen molar-refractivity contribution in [2.24, 2.45) is 0 Å². The molecule has 0 radical (unpaired) electrons. The highest BCUT2D eigenvalue weighted by Gasteiger charge is 2.19. The maximum atomic E-state index is 12.9. The van der Waals surface area contributed by atoms with Gasteiger partial charge in [0.05, 0.1) is 42.8 Å². The molecular formula is C20H22BrClN2O4. The van der Waals surface area contributed by atoms with Crippen LogP contribution in [-0.4, -0.2) is 45.9 Å². The number of nitrogens with one attached hydrogen (secondary N) is 1. The van der Waals surface area contributed by atoms with Crippen molar-refractivity contribution in [1.29, 1.82) is 0 Å². The summed E-state index contributed by atoms with van der Waals surface area (Å²) in [5.41, 5.74) is 2.02. The Labute approximate surface area is 177 Å². The zero-order valence-corrected chi connectivity index (χ0v) is 18.1. The molecule has 8 heteroatoms. The number of morpholine rings is 1. The Morgan fingerprint density at radius 2 is 2.04 bits per heavy atom. The van der Waals surface area contributed by atoms with Gasteiger partial charge >= 0.3 is 0 Å². The van der Waals surface area contributed by atoms with E-state index in [1.54, 1.807) is 25.3 Å². The minimum absolute atomic E-state index is 0.265. The number of methoxy groups -OCH3 is 1. The monoisotopic (exact) mass is 468 g/mol. The van der Waals surface area contributed by atoms with E-state index in [4.69, 9.17) is 25.8 Å². The lowest BCUT2D eigenvalue weighted by Crippen LogP contribution is -2.36. The summed E-state index contributed by atoms with van der Waals surface area (Å²) >= 11 is 9.63. The van der Waals surface area contributed by atoms with Gasteiger partial charge in [0.25, 0.3) is 5.91 Å². The molecule has 2 aromatic rings. The summed E-state index contributed by atoms with van der Waals surface area (Å²) < 4.78 is 17.0. The molecule has 3 rings (SSSR count). The molecule has 1 aliphatic heterocycles. The predicted octanol–water partition coefficient (Wildman–Crippen LogP) is 4.60. The van der Waals surface area contributed by atoms with Gasteiger partial charge in [-0.25, -0.2) is 0 Å². The van der Waals surface area contributed by atoms with E-state index in [2.05, 4.69) is 26.1 Å². The fourth-order valence-corrected chi connectivity index (χ4v) is 3.75. The summed E-state index contributed by atoms with van der Waals surface area (Å²) in [6.45, 7) is 5.20. The third-order valence-corrected chi connectivity index (χ3v) is 5.16. The van der Waals surface area contributed by atoms with Crippen LogP contribution in [0.5, 0.6) is 11.5 Å². The van der Waals surface area contributed by atoms with Crippen molar-refractivity contribution in [3.63, 3.8) is 0 Å². The fraction of sp³-hybridized carbons (Fsp3) is 0.350. The van der Waals surface area contributed by atoms with E-state index in [9.17, 15) is 4.79 Å². The van der Waals surface area contributed by atoms with Crippen LogP contribution in [0.25, 0.3) is 0 Å². The Morgan fingerprint density at radius 3 is 2.71 bits per heavy atom. The molecule has 150 valence electrons. The van der Waals surface area contributed by atoms with Crippen molar-refractivity contribution in [3.05, 3.63) is 45.4 Å². The topological polar surface area (TPSA) is 60.0 Å². The highest BCUT2D eigenvalue weighted by atomic mass is 79.9. The van der Waals surface area contributed by atoms with Crippen LogP contribution in [0.2, 0.25) is 5.02 Å². The molecule has 1 saturated heterocycles. The van der Waals surface area contributed by atoms with Crippen LogP contribution in [0.15, 0.2) is 34.8 Å². The number of benzene rings is 2. The van der Waals surface area contributed by atoms with Gasteiger partial charge in [-0.3, -0.25) is 4.79 Å². The molecule has 0 unspecified atom stereocenters. The molecule has 0 aromatic heterocycles. The Balaban J connectivity index is 1.89. The van der Waals surface area contributed by atoms with Gasteiger partial charge in [0.2, 0.25) is 0 Å². The highest BCUT2D eigenvalue weighted by molar-refractivity contribution is 9.10. The molecule has 28 heavy (non-hydrogen) atoms. The average molecular weight is 470 g/mol. The maximum Gasteiger partial charge on any atom is 0.255 e. The first-order valence-corrected chi connectivity index (χ1v) is 10.1. The van der Waals surface area contributed by atoms with Crippen LogP contribution in [0.1, 0.15) is 17.3 Å². The molecule has 1 heterocycles. The molecule has 0 spiro atoms. The van der Waals surface area contributed by atoms with Crippen LogP contribution in [0.3, 0.4) is 0 Å². The quantitative estimate of drug-likeness (QED) is 0.670. The number of nitrogens with zero attached hydrogens (tertiary/aromatic N) is 1. The van der Waals surface area contributed by atoms with E-state index >= 15 is 0 Å². The molecule has 6 nitrogen and oxygen atoms in total. The van der Waals surface area contributed by atoms with Crippen molar-refractivity contribution in [2.75, 3.05) is 50.2 Å². The van der Waals surface area contributed by atoms with Gasteiger partial charge < -0.3 is 24.4 Å². The Hall–Kier alpha value is -1.96. The van der Waals surface area contributed by atoms with Crippen molar-refractivity contribution < 1.29 is 19.0 Å². The SMILES string of the molecule is CCOc1c(Br)cc(C(=O)Nc2cc(Cl)ccc2N2CCOCC2)cc1OC. The van der Waals surface area contributed by atoms with E-state index in [0.717, 1.165) is 18.8 Å². The fourth-order valence-electron chi connectivity index (χ4n) is 3.02. The van der Waals surface area contributed by atoms with Crippen molar-refractivity contribution in [3.8, 4) is 11.5 Å². The Bertz CT molecular complexity index is 856. The zero-order valence-electron chi connectivity index (χ0n) is 15.8. The normalized spacial score (nSPS) is 13.9. The molecule has 1 N–H and O–H groups in total. The molecular weight excluding hydrogens is 448 g/mol. The summed E-state index contributed by atoms with van der Waals surface area (Å²) in [6.07, 6.45) is 0. The molecule has 1 aliphatic rings. The third kappa shape index (κ3) is 4.71. The number of hydrogen-bond acceptors (Lipinski definition) is 5. The van der Waals surface area contributed by atoms with E-state index in [1.165, 1.54) is 0 Å². The second kappa shape index (κ2) is 9.49. The number of halogens is 2. The summed E-state index contributed by atoms with van der Waals surface area (Å²) in [7, 11) is 1.54. The van der Waals surface area contributed by atoms with Crippen molar-refractivity contribution in [2.45, 2.75) is 6.92 Å². The molecule has 0 aliphatic carbocycles. The van der Waals surface area contributed by atoms with Gasteiger partial charge in [0.1, 0.15) is 0 Å². The first-order valence-electron chi connectivity index (χ1n) is 8.97. The van der Waals surface area contributed by atoms with Gasteiger partial charge in [-0.1, -0.05) is 11.6 Å². The van der Waals surface area contributed by atoms with E-state index in [1.807, 2.05) is 19.1 Å². The van der Waals surface area contributed by atoms with Crippen LogP contribution in [0.4, 0.5) is 11.4 Å². The summed E-state index contributed by atoms with van der Waals surface area (Å²) in [6, 6.07) is 8.85. The molecule has 0 bridgehead atoms. The van der Waals surface area contributed by atoms with E-state index < -0.39 is 0 Å². The van der Waals surface area contributed by atoms with Gasteiger partial charge in [0, 0.05) is 23.7 Å². The van der Waals surface area contributed by atoms with Crippen LogP contribution in [0, 0.1) is 0 Å². The second-order valence-corrected chi connectivity index (χ2v) is 7.43. The molecule has 0 saturated carbocycles. The zero-order chi connectivity index (χ0) is 20.1. The molecule has 2 aromatic carbocycles. The van der Waals surface area contributed by atoms with Crippen molar-refractivity contribution in [1.82, 2.24) is 0 Å². The molecule has 0 atom stereocenters. The minimum Gasteiger partial charge on any atom is -0.493 e. The predicted molar refractivity (Wildman–Crippen MR) is 114 cm³/mol. The average Bonchev–Trinajstić information content (AvgIpc) is 2.70. The number of hydrogen-bond donors (Lipinski definition) is 1. The Kier molecular flexibility index (Phi) is 7.04. The van der Waals surface area contributed by atoms with Gasteiger partial charge in [0.15, 0.2) is 11.5 Å². The number of ether oxygens (including phenoxy) is 3. The standard InChI is InChI=1S/C20H22BrClN2O4/c1-3-28-19-15(21)10-13(11-18(19)26-2)20(25)23-16-12-14(22)4-5-17(16)24-6-8-27-9-7-24/h4-5,10-12H,3,6-9H2,1-2H3,(H,23,25). The third-order valence-electron chi connectivity index (χ3n) is 4.34. The maximum absolute atomic E-state index is 12.9. The first-order chi connectivity index (χ1) is 13.5. The number of amides is 1. The molecule has 1 amide bonds. The van der Waals surface area contributed by atoms with Gasteiger partial charge in [-0.05, 0) is 53.2 Å². The van der Waals surface area contributed by atoms with E-state index in [-0.39, 0.29) is 5.91 Å². The summed E-state index contributed by atoms with van der Waals surface area (Å²) in [5.74, 6) is 0.790. The number of anilines is 2. The van der Waals surface area contributed by atoms with Gasteiger partial charge in [-0.2, -0.15) is 0 Å². The summed E-state index contributed by atoms with van der Waals surface area (Å²) in [4.78, 5) is 15.1. The number of rotatable bonds is 6. The first kappa shape index (κ1) is 20.8.